The molecule has 19 heavy (non-hydrogen) atoms. The molecule has 0 fully saturated rings. The van der Waals surface area contributed by atoms with Crippen LogP contribution in [0.25, 0.3) is 0 Å². The number of carbonyl (C=O) groups is 1. The summed E-state index contributed by atoms with van der Waals surface area (Å²) in [6.45, 7) is 4.85. The molecule has 0 aliphatic rings. The Kier molecular flexibility index (Phi) is 4.21. The van der Waals surface area contributed by atoms with Crippen LogP contribution < -0.4 is 0 Å². The van der Waals surface area contributed by atoms with Crippen LogP contribution >= 0.6 is 11.8 Å². The van der Waals surface area contributed by atoms with Crippen molar-refractivity contribution < 1.29 is 9.90 Å². The zero-order chi connectivity index (χ0) is 13.8. The van der Waals surface area contributed by atoms with E-state index in [-0.39, 0.29) is 5.69 Å². The minimum absolute atomic E-state index is 0.0742. The van der Waals surface area contributed by atoms with Gasteiger partial charge in [-0.1, -0.05) is 0 Å². The lowest BCUT2D eigenvalue weighted by Crippen LogP contribution is -2.02. The summed E-state index contributed by atoms with van der Waals surface area (Å²) in [7, 11) is 0. The highest BCUT2D eigenvalue weighted by atomic mass is 32.2. The summed E-state index contributed by atoms with van der Waals surface area (Å²) in [5.41, 5.74) is 2.21. The molecule has 2 aromatic heterocycles. The summed E-state index contributed by atoms with van der Waals surface area (Å²) < 4.78 is 1.96. The molecule has 100 valence electrons. The Morgan fingerprint density at radius 2 is 2.26 bits per heavy atom. The number of rotatable bonds is 5. The van der Waals surface area contributed by atoms with Gasteiger partial charge in [0.15, 0.2) is 0 Å². The van der Waals surface area contributed by atoms with Gasteiger partial charge >= 0.3 is 5.97 Å². The third kappa shape index (κ3) is 3.35. The molecule has 2 rings (SSSR count). The number of aromatic carboxylic acids is 1. The predicted octanol–water partition coefficient (Wildman–Crippen LogP) is 2.60. The molecule has 0 amide bonds. The van der Waals surface area contributed by atoms with E-state index in [9.17, 15) is 4.79 Å². The maximum absolute atomic E-state index is 10.8. The number of nitrogens with zero attached hydrogens (tertiary/aromatic N) is 3. The average Bonchev–Trinajstić information content (AvgIpc) is 2.77. The topological polar surface area (TPSA) is 68.0 Å². The van der Waals surface area contributed by atoms with Crippen LogP contribution in [0.4, 0.5) is 0 Å². The molecule has 0 radical (unpaired) electrons. The van der Waals surface area contributed by atoms with E-state index in [1.165, 1.54) is 6.20 Å². The fraction of sp³-hybridized carbons (Fsp3) is 0.308. The Bertz CT molecular complexity index is 595. The third-order valence-electron chi connectivity index (χ3n) is 2.62. The number of pyridine rings is 1. The number of hydrogen-bond donors (Lipinski definition) is 1. The highest BCUT2D eigenvalue weighted by molar-refractivity contribution is 7.98. The van der Waals surface area contributed by atoms with E-state index in [2.05, 4.69) is 23.1 Å². The lowest BCUT2D eigenvalue weighted by molar-refractivity contribution is 0.0690. The van der Waals surface area contributed by atoms with E-state index >= 15 is 0 Å². The Morgan fingerprint density at radius 1 is 1.47 bits per heavy atom. The van der Waals surface area contributed by atoms with Gasteiger partial charge in [0.2, 0.25) is 0 Å². The fourth-order valence-electron chi connectivity index (χ4n) is 1.76. The SMILES string of the molecule is CCn1nc(C)cc1CSc1ccnc(C(=O)O)c1. The van der Waals surface area contributed by atoms with Crippen LogP contribution in [0.5, 0.6) is 0 Å². The molecule has 0 saturated carbocycles. The van der Waals surface area contributed by atoms with Crippen LogP contribution in [0, 0.1) is 6.92 Å². The van der Waals surface area contributed by atoms with Gasteiger partial charge in [-0.25, -0.2) is 9.78 Å². The first kappa shape index (κ1) is 13.6. The lowest BCUT2D eigenvalue weighted by atomic mass is 10.3. The largest absolute Gasteiger partial charge is 0.477 e. The molecule has 2 heterocycles. The maximum atomic E-state index is 10.8. The second-order valence-corrected chi connectivity index (χ2v) is 5.11. The minimum Gasteiger partial charge on any atom is -0.477 e. The quantitative estimate of drug-likeness (QED) is 0.851. The van der Waals surface area contributed by atoms with Crippen molar-refractivity contribution in [1.82, 2.24) is 14.8 Å². The van der Waals surface area contributed by atoms with E-state index in [1.54, 1.807) is 17.8 Å². The normalized spacial score (nSPS) is 10.6. The average molecular weight is 277 g/mol. The minimum atomic E-state index is -1.00. The van der Waals surface area contributed by atoms with Crippen molar-refractivity contribution in [1.29, 1.82) is 0 Å². The lowest BCUT2D eigenvalue weighted by Gasteiger charge is -2.05. The molecule has 0 unspecified atom stereocenters. The molecule has 5 nitrogen and oxygen atoms in total. The zero-order valence-electron chi connectivity index (χ0n) is 10.8. The molecule has 2 aromatic rings. The Labute approximate surface area is 115 Å². The van der Waals surface area contributed by atoms with E-state index in [1.807, 2.05) is 17.7 Å². The van der Waals surface area contributed by atoms with E-state index in [4.69, 9.17) is 5.11 Å². The number of carboxylic acid groups (broad SMARTS) is 1. The summed E-state index contributed by atoms with van der Waals surface area (Å²) in [5.74, 6) is -0.241. The molecular weight excluding hydrogens is 262 g/mol. The number of thioether (sulfide) groups is 1. The summed E-state index contributed by atoms with van der Waals surface area (Å²) in [6, 6.07) is 5.46. The van der Waals surface area contributed by atoms with Crippen LogP contribution in [-0.2, 0) is 12.3 Å². The molecule has 0 bridgehead atoms. The Morgan fingerprint density at radius 3 is 2.95 bits per heavy atom. The van der Waals surface area contributed by atoms with Crippen LogP contribution in [0.15, 0.2) is 29.3 Å². The van der Waals surface area contributed by atoms with Crippen molar-refractivity contribution in [2.45, 2.75) is 31.0 Å². The van der Waals surface area contributed by atoms with Crippen molar-refractivity contribution in [3.63, 3.8) is 0 Å². The summed E-state index contributed by atoms with van der Waals surface area (Å²) in [4.78, 5) is 15.5. The number of carboxylic acids is 1. The smallest absolute Gasteiger partial charge is 0.354 e. The van der Waals surface area contributed by atoms with Gasteiger partial charge in [-0.15, -0.1) is 11.8 Å². The molecule has 0 spiro atoms. The summed E-state index contributed by atoms with van der Waals surface area (Å²) >= 11 is 1.58. The van der Waals surface area contributed by atoms with Gasteiger partial charge in [-0.05, 0) is 32.0 Å². The molecule has 6 heteroatoms. The Balaban J connectivity index is 2.09. The summed E-state index contributed by atoms with van der Waals surface area (Å²) in [6.07, 6.45) is 1.52. The van der Waals surface area contributed by atoms with E-state index in [0.717, 1.165) is 28.6 Å². The van der Waals surface area contributed by atoms with Gasteiger partial charge in [-0.3, -0.25) is 4.68 Å². The van der Waals surface area contributed by atoms with Crippen molar-refractivity contribution in [3.05, 3.63) is 41.5 Å². The van der Waals surface area contributed by atoms with Crippen LogP contribution in [0.3, 0.4) is 0 Å². The first-order chi connectivity index (χ1) is 9.10. The predicted molar refractivity (Wildman–Crippen MR) is 73.4 cm³/mol. The van der Waals surface area contributed by atoms with Crippen molar-refractivity contribution in [2.75, 3.05) is 0 Å². The van der Waals surface area contributed by atoms with E-state index in [0.29, 0.717) is 0 Å². The second kappa shape index (κ2) is 5.88. The van der Waals surface area contributed by atoms with Gasteiger partial charge in [0.1, 0.15) is 5.69 Å². The van der Waals surface area contributed by atoms with E-state index < -0.39 is 5.97 Å². The molecule has 0 aliphatic heterocycles. The zero-order valence-corrected chi connectivity index (χ0v) is 11.6. The number of aryl methyl sites for hydroxylation is 2. The summed E-state index contributed by atoms with van der Waals surface area (Å²) in [5, 5.41) is 13.3. The van der Waals surface area contributed by atoms with Crippen LogP contribution in [0.2, 0.25) is 0 Å². The maximum Gasteiger partial charge on any atom is 0.354 e. The molecular formula is C13H15N3O2S. The third-order valence-corrected chi connectivity index (χ3v) is 3.65. The monoisotopic (exact) mass is 277 g/mol. The van der Waals surface area contributed by atoms with Gasteiger partial charge < -0.3 is 5.11 Å². The van der Waals surface area contributed by atoms with Gasteiger partial charge in [-0.2, -0.15) is 5.10 Å². The van der Waals surface area contributed by atoms with Gasteiger partial charge in [0.25, 0.3) is 0 Å². The number of hydrogen-bond acceptors (Lipinski definition) is 4. The first-order valence-electron chi connectivity index (χ1n) is 5.95. The van der Waals surface area contributed by atoms with Crippen molar-refractivity contribution in [2.24, 2.45) is 0 Å². The highest BCUT2D eigenvalue weighted by Gasteiger charge is 2.08. The van der Waals surface area contributed by atoms with Crippen LogP contribution in [0.1, 0.15) is 28.8 Å². The fourth-order valence-corrected chi connectivity index (χ4v) is 2.66. The van der Waals surface area contributed by atoms with Crippen molar-refractivity contribution in [3.8, 4) is 0 Å². The molecule has 0 saturated heterocycles. The first-order valence-corrected chi connectivity index (χ1v) is 6.94. The molecule has 1 N–H and O–H groups in total. The number of aromatic nitrogens is 3. The van der Waals surface area contributed by atoms with Gasteiger partial charge in [0.05, 0.1) is 5.69 Å². The Hall–Kier alpha value is -1.82. The molecule has 0 aromatic carbocycles. The van der Waals surface area contributed by atoms with Crippen molar-refractivity contribution >= 4 is 17.7 Å². The molecule has 0 atom stereocenters. The van der Waals surface area contributed by atoms with Crippen LogP contribution in [-0.4, -0.2) is 25.8 Å². The highest BCUT2D eigenvalue weighted by Crippen LogP contribution is 2.23. The van der Waals surface area contributed by atoms with Gasteiger partial charge in [0, 0.05) is 29.1 Å². The molecule has 0 aliphatic carbocycles. The second-order valence-electron chi connectivity index (χ2n) is 4.06. The standard InChI is InChI=1S/C13H15N3O2S/c1-3-16-10(6-9(2)15-16)8-19-11-4-5-14-12(7-11)13(17)18/h4-7H,3,8H2,1-2H3,(H,17,18).